The number of sulfonamides is 1. The molecular weight excluding hydrogens is 448 g/mol. The summed E-state index contributed by atoms with van der Waals surface area (Å²) < 4.78 is 29.6. The minimum atomic E-state index is -3.73. The van der Waals surface area contributed by atoms with Crippen LogP contribution >= 0.6 is 11.6 Å². The van der Waals surface area contributed by atoms with E-state index < -0.39 is 15.6 Å². The van der Waals surface area contributed by atoms with Gasteiger partial charge in [0.25, 0.3) is 5.91 Å². The Bertz CT molecular complexity index is 1230. The normalized spacial score (nSPS) is 12.2. The van der Waals surface area contributed by atoms with Crippen molar-refractivity contribution in [3.05, 3.63) is 71.0 Å². The number of aromatic nitrogens is 2. The summed E-state index contributed by atoms with van der Waals surface area (Å²) in [7, 11) is -3.73. The van der Waals surface area contributed by atoms with E-state index in [9.17, 15) is 13.2 Å². The Morgan fingerprint density at radius 3 is 2.34 bits per heavy atom. The Morgan fingerprint density at radius 2 is 1.75 bits per heavy atom. The number of hydrogen-bond acceptors (Lipinski definition) is 4. The van der Waals surface area contributed by atoms with Crippen molar-refractivity contribution in [2.24, 2.45) is 0 Å². The third kappa shape index (κ3) is 5.56. The van der Waals surface area contributed by atoms with E-state index in [0.29, 0.717) is 16.3 Å². The van der Waals surface area contributed by atoms with Crippen LogP contribution in [-0.4, -0.2) is 29.6 Å². The molecule has 0 saturated heterocycles. The van der Waals surface area contributed by atoms with E-state index in [1.54, 1.807) is 49.7 Å². The molecule has 0 spiro atoms. The summed E-state index contributed by atoms with van der Waals surface area (Å²) in [6.45, 7) is 9.25. The van der Waals surface area contributed by atoms with Crippen LogP contribution in [0.2, 0.25) is 5.02 Å². The van der Waals surface area contributed by atoms with E-state index in [0.717, 1.165) is 11.4 Å². The number of amides is 1. The number of nitrogens with one attached hydrogen (secondary N) is 2. The quantitative estimate of drug-likeness (QED) is 0.527. The molecule has 0 aliphatic heterocycles. The lowest BCUT2D eigenvalue weighted by atomic mass is 10.0. The van der Waals surface area contributed by atoms with Gasteiger partial charge in [0.15, 0.2) is 0 Å². The number of anilines is 1. The first-order valence-electron chi connectivity index (χ1n) is 10.2. The second-order valence-electron chi connectivity index (χ2n) is 8.82. The largest absolute Gasteiger partial charge is 0.322 e. The molecule has 0 fully saturated rings. The smallest absolute Gasteiger partial charge is 0.259 e. The fourth-order valence-corrected chi connectivity index (χ4v) is 4.87. The molecule has 0 bridgehead atoms. The molecule has 2 aromatic carbocycles. The second-order valence-corrected chi connectivity index (χ2v) is 10.9. The molecule has 1 heterocycles. The van der Waals surface area contributed by atoms with Crippen LogP contribution in [0.5, 0.6) is 0 Å². The van der Waals surface area contributed by atoms with Gasteiger partial charge in [0.05, 0.1) is 28.0 Å². The first-order chi connectivity index (χ1) is 14.9. The standard InChI is InChI=1S/C23H27ClN4O3S/c1-15(2)21-20(14-25-28(21)18-11-9-16(24)10-12-18)22(29)26-17-7-6-8-19(13-17)32(30,31)27-23(3,4)5/h6-15,27H,1-5H3,(H,26,29). The van der Waals surface area contributed by atoms with Gasteiger partial charge in [0, 0.05) is 16.2 Å². The van der Waals surface area contributed by atoms with Gasteiger partial charge < -0.3 is 5.32 Å². The third-order valence-corrected chi connectivity index (χ3v) is 6.52. The zero-order valence-corrected chi connectivity index (χ0v) is 20.3. The van der Waals surface area contributed by atoms with Gasteiger partial charge >= 0.3 is 0 Å². The molecule has 0 aliphatic rings. The first kappa shape index (κ1) is 24.0. The lowest BCUT2D eigenvalue weighted by Gasteiger charge is -2.20. The Balaban J connectivity index is 1.91. The zero-order valence-electron chi connectivity index (χ0n) is 18.7. The summed E-state index contributed by atoms with van der Waals surface area (Å²) >= 11 is 5.99. The van der Waals surface area contributed by atoms with Crippen LogP contribution in [0.15, 0.2) is 59.6 Å². The highest BCUT2D eigenvalue weighted by molar-refractivity contribution is 7.89. The van der Waals surface area contributed by atoms with Gasteiger partial charge in [-0.1, -0.05) is 31.5 Å². The summed E-state index contributed by atoms with van der Waals surface area (Å²) in [4.78, 5) is 13.2. The van der Waals surface area contributed by atoms with E-state index in [-0.39, 0.29) is 16.7 Å². The van der Waals surface area contributed by atoms with Crippen LogP contribution in [0.3, 0.4) is 0 Å². The highest BCUT2D eigenvalue weighted by atomic mass is 35.5. The molecule has 9 heteroatoms. The molecule has 0 atom stereocenters. The van der Waals surface area contributed by atoms with E-state index in [1.165, 1.54) is 18.3 Å². The van der Waals surface area contributed by atoms with Crippen LogP contribution in [0.1, 0.15) is 56.6 Å². The molecule has 1 aromatic heterocycles. The van der Waals surface area contributed by atoms with Gasteiger partial charge in [-0.3, -0.25) is 4.79 Å². The fraction of sp³-hybridized carbons (Fsp3) is 0.304. The van der Waals surface area contributed by atoms with Gasteiger partial charge in [0.2, 0.25) is 10.0 Å². The topological polar surface area (TPSA) is 93.1 Å². The molecule has 7 nitrogen and oxygen atoms in total. The van der Waals surface area contributed by atoms with Crippen LogP contribution < -0.4 is 10.0 Å². The number of halogens is 1. The Hall–Kier alpha value is -2.68. The van der Waals surface area contributed by atoms with Gasteiger partial charge in [0.1, 0.15) is 0 Å². The fourth-order valence-electron chi connectivity index (χ4n) is 3.28. The Labute approximate surface area is 193 Å². The predicted octanol–water partition coefficient (Wildman–Crippen LogP) is 4.98. The van der Waals surface area contributed by atoms with Gasteiger partial charge in [-0.15, -0.1) is 0 Å². The van der Waals surface area contributed by atoms with Crippen LogP contribution in [0.4, 0.5) is 5.69 Å². The van der Waals surface area contributed by atoms with Crippen molar-refractivity contribution >= 4 is 33.2 Å². The number of carbonyl (C=O) groups excluding carboxylic acids is 1. The number of rotatable bonds is 6. The molecule has 2 N–H and O–H groups in total. The number of benzene rings is 2. The SMILES string of the molecule is CC(C)c1c(C(=O)Nc2cccc(S(=O)(=O)NC(C)(C)C)c2)cnn1-c1ccc(Cl)cc1. The molecule has 170 valence electrons. The maximum absolute atomic E-state index is 13.1. The molecule has 3 aromatic rings. The lowest BCUT2D eigenvalue weighted by Crippen LogP contribution is -2.40. The average Bonchev–Trinajstić information content (AvgIpc) is 3.12. The lowest BCUT2D eigenvalue weighted by molar-refractivity contribution is 0.102. The summed E-state index contributed by atoms with van der Waals surface area (Å²) in [6.07, 6.45) is 1.51. The second kappa shape index (κ2) is 9.05. The van der Waals surface area contributed by atoms with Crippen molar-refractivity contribution in [2.45, 2.75) is 51.0 Å². The van der Waals surface area contributed by atoms with Gasteiger partial charge in [-0.2, -0.15) is 5.10 Å². The molecule has 0 radical (unpaired) electrons. The third-order valence-electron chi connectivity index (χ3n) is 4.51. The monoisotopic (exact) mass is 474 g/mol. The van der Waals surface area contributed by atoms with E-state index in [1.807, 2.05) is 26.0 Å². The van der Waals surface area contributed by atoms with E-state index in [2.05, 4.69) is 15.1 Å². The van der Waals surface area contributed by atoms with Crippen molar-refractivity contribution in [1.82, 2.24) is 14.5 Å². The van der Waals surface area contributed by atoms with Crippen molar-refractivity contribution in [3.63, 3.8) is 0 Å². The van der Waals surface area contributed by atoms with Crippen molar-refractivity contribution in [1.29, 1.82) is 0 Å². The van der Waals surface area contributed by atoms with Crippen LogP contribution in [-0.2, 0) is 10.0 Å². The molecule has 0 unspecified atom stereocenters. The van der Waals surface area contributed by atoms with Crippen LogP contribution in [0, 0.1) is 0 Å². The molecule has 0 saturated carbocycles. The number of hydrogen-bond donors (Lipinski definition) is 2. The van der Waals surface area contributed by atoms with Crippen LogP contribution in [0.25, 0.3) is 5.69 Å². The van der Waals surface area contributed by atoms with Crippen molar-refractivity contribution < 1.29 is 13.2 Å². The van der Waals surface area contributed by atoms with E-state index in [4.69, 9.17) is 11.6 Å². The first-order valence-corrected chi connectivity index (χ1v) is 12.0. The summed E-state index contributed by atoms with van der Waals surface area (Å²) in [6, 6.07) is 13.4. The molecular formula is C23H27ClN4O3S. The average molecular weight is 475 g/mol. The van der Waals surface area contributed by atoms with E-state index >= 15 is 0 Å². The van der Waals surface area contributed by atoms with Gasteiger partial charge in [-0.25, -0.2) is 17.8 Å². The Morgan fingerprint density at radius 1 is 1.09 bits per heavy atom. The van der Waals surface area contributed by atoms with Crippen molar-refractivity contribution in [2.75, 3.05) is 5.32 Å². The Kier molecular flexibility index (Phi) is 6.78. The minimum Gasteiger partial charge on any atom is -0.322 e. The highest BCUT2D eigenvalue weighted by Gasteiger charge is 2.24. The maximum atomic E-state index is 13.1. The minimum absolute atomic E-state index is 0.0108. The van der Waals surface area contributed by atoms with Crippen molar-refractivity contribution in [3.8, 4) is 5.69 Å². The number of nitrogens with zero attached hydrogens (tertiary/aromatic N) is 2. The highest BCUT2D eigenvalue weighted by Crippen LogP contribution is 2.25. The molecule has 1 amide bonds. The summed E-state index contributed by atoms with van der Waals surface area (Å²) in [5.74, 6) is -0.358. The molecule has 0 aliphatic carbocycles. The zero-order chi connectivity index (χ0) is 23.7. The predicted molar refractivity (Wildman–Crippen MR) is 127 cm³/mol. The van der Waals surface area contributed by atoms with Gasteiger partial charge in [-0.05, 0) is 69.2 Å². The molecule has 32 heavy (non-hydrogen) atoms. The summed E-state index contributed by atoms with van der Waals surface area (Å²) in [5, 5.41) is 7.81. The maximum Gasteiger partial charge on any atom is 0.259 e. The molecule has 3 rings (SSSR count). The number of carbonyl (C=O) groups is 1. The summed E-state index contributed by atoms with van der Waals surface area (Å²) in [5.41, 5.74) is 1.69.